The summed E-state index contributed by atoms with van der Waals surface area (Å²) in [4.78, 5) is 0. The monoisotopic (exact) mass is 416 g/mol. The van der Waals surface area contributed by atoms with Crippen molar-refractivity contribution in [3.05, 3.63) is 71.9 Å². The van der Waals surface area contributed by atoms with Gasteiger partial charge in [0.2, 0.25) is 11.2 Å². The summed E-state index contributed by atoms with van der Waals surface area (Å²) in [6, 6.07) is 21.3. The number of halogens is 1. The van der Waals surface area contributed by atoms with Crippen LogP contribution in [-0.4, -0.2) is 6.54 Å². The van der Waals surface area contributed by atoms with E-state index in [0.717, 1.165) is 12.2 Å². The molecule has 0 fully saturated rings. The van der Waals surface area contributed by atoms with E-state index in [9.17, 15) is 0 Å². The van der Waals surface area contributed by atoms with Crippen LogP contribution in [0.1, 0.15) is 18.2 Å². The van der Waals surface area contributed by atoms with Crippen molar-refractivity contribution >= 4 is 28.7 Å². The molecular weight excluding hydrogens is 395 g/mol. The molecule has 3 aromatic rings. The molecule has 3 rings (SSSR count). The van der Waals surface area contributed by atoms with E-state index in [4.69, 9.17) is 0 Å². The van der Waals surface area contributed by atoms with Crippen LogP contribution in [0.15, 0.2) is 60.7 Å². The summed E-state index contributed by atoms with van der Waals surface area (Å²) < 4.78 is 2.22. The molecule has 1 heterocycles. The number of pyridine rings is 1. The first kappa shape index (κ1) is 17.5. The van der Waals surface area contributed by atoms with Crippen molar-refractivity contribution in [1.82, 2.24) is 0 Å². The van der Waals surface area contributed by atoms with Gasteiger partial charge >= 0.3 is 0 Å². The van der Waals surface area contributed by atoms with E-state index in [-0.39, 0.29) is 24.0 Å². The van der Waals surface area contributed by atoms with Gasteiger partial charge < -0.3 is 29.3 Å². The Balaban J connectivity index is 0.00000192. The lowest BCUT2D eigenvalue weighted by Crippen LogP contribution is -3.00. The predicted molar refractivity (Wildman–Crippen MR) is 94.7 cm³/mol. The van der Waals surface area contributed by atoms with Crippen molar-refractivity contribution in [2.75, 3.05) is 11.9 Å². The highest BCUT2D eigenvalue weighted by atomic mass is 127. The van der Waals surface area contributed by atoms with Gasteiger partial charge in [-0.1, -0.05) is 24.3 Å². The summed E-state index contributed by atoms with van der Waals surface area (Å²) in [5, 5.41) is 4.57. The summed E-state index contributed by atoms with van der Waals surface area (Å²) in [6.45, 7) is 3.05. The summed E-state index contributed by atoms with van der Waals surface area (Å²) in [5.41, 5.74) is 4.80. The summed E-state index contributed by atoms with van der Waals surface area (Å²) >= 11 is 0. The third-order valence-electron chi connectivity index (χ3n) is 3.86. The number of aromatic nitrogens is 1. The lowest BCUT2D eigenvalue weighted by molar-refractivity contribution is -0.646. The van der Waals surface area contributed by atoms with E-state index in [2.05, 4.69) is 96.7 Å². The van der Waals surface area contributed by atoms with Gasteiger partial charge in [0.15, 0.2) is 0 Å². The molecule has 0 amide bonds. The minimum Gasteiger partial charge on any atom is -1.00 e. The number of fused-ring (bicyclic) bond motifs is 1. The lowest BCUT2D eigenvalue weighted by atomic mass is 10.1. The number of anilines is 1. The first-order valence-electron chi connectivity index (χ1n) is 7.68. The second-order valence-corrected chi connectivity index (χ2v) is 5.36. The fraction of sp³-hybridized carbons (Fsp3) is 0.150. The first-order valence-corrected chi connectivity index (χ1v) is 7.68. The van der Waals surface area contributed by atoms with E-state index < -0.39 is 0 Å². The summed E-state index contributed by atoms with van der Waals surface area (Å²) in [6.07, 6.45) is 4.31. The molecule has 0 saturated carbocycles. The molecule has 0 bridgehead atoms. The van der Waals surface area contributed by atoms with Gasteiger partial charge in [-0.15, -0.1) is 0 Å². The Kier molecular flexibility index (Phi) is 6.16. The number of hydrogen-bond acceptors (Lipinski definition) is 1. The van der Waals surface area contributed by atoms with Crippen LogP contribution in [0.2, 0.25) is 0 Å². The van der Waals surface area contributed by atoms with Crippen LogP contribution in [-0.2, 0) is 7.05 Å². The number of nitrogens with zero attached hydrogens (tertiary/aromatic N) is 1. The fourth-order valence-corrected chi connectivity index (χ4v) is 2.63. The molecular formula is C20H21IN2. The lowest BCUT2D eigenvalue weighted by Gasteiger charge is -2.02. The third kappa shape index (κ3) is 4.10. The Morgan fingerprint density at radius 2 is 1.65 bits per heavy atom. The van der Waals surface area contributed by atoms with Gasteiger partial charge in [0.1, 0.15) is 7.05 Å². The van der Waals surface area contributed by atoms with E-state index >= 15 is 0 Å². The molecule has 2 nitrogen and oxygen atoms in total. The summed E-state index contributed by atoms with van der Waals surface area (Å²) in [5.74, 6) is 0. The number of nitrogens with one attached hydrogen (secondary N) is 1. The Hall–Kier alpha value is -1.88. The Morgan fingerprint density at radius 1 is 0.913 bits per heavy atom. The molecule has 0 atom stereocenters. The fourth-order valence-electron chi connectivity index (χ4n) is 2.63. The van der Waals surface area contributed by atoms with Gasteiger partial charge in [-0.05, 0) is 42.8 Å². The number of rotatable bonds is 4. The molecule has 0 aliphatic rings. The largest absolute Gasteiger partial charge is 1.00 e. The Morgan fingerprint density at radius 3 is 2.39 bits per heavy atom. The van der Waals surface area contributed by atoms with E-state index in [1.54, 1.807) is 0 Å². The maximum Gasteiger partial charge on any atom is 0.212 e. The van der Waals surface area contributed by atoms with Crippen LogP contribution in [0.3, 0.4) is 0 Å². The molecule has 1 N–H and O–H groups in total. The molecule has 0 aliphatic carbocycles. The zero-order valence-electron chi connectivity index (χ0n) is 13.5. The molecule has 0 saturated heterocycles. The molecule has 3 heteroatoms. The SMILES string of the molecule is CCNc1ccc(/C=C/c2ccc3ccccc3[n+]2C)cc1.[I-]. The second-order valence-electron chi connectivity index (χ2n) is 5.36. The molecule has 118 valence electrons. The Labute approximate surface area is 154 Å². The number of hydrogen-bond donors (Lipinski definition) is 1. The second kappa shape index (κ2) is 8.11. The zero-order valence-corrected chi connectivity index (χ0v) is 15.6. The van der Waals surface area contributed by atoms with Crippen molar-refractivity contribution in [2.24, 2.45) is 7.05 Å². The molecule has 0 radical (unpaired) electrons. The van der Waals surface area contributed by atoms with Crippen molar-refractivity contribution in [1.29, 1.82) is 0 Å². The highest BCUT2D eigenvalue weighted by Gasteiger charge is 2.07. The zero-order chi connectivity index (χ0) is 15.4. The maximum absolute atomic E-state index is 3.31. The van der Waals surface area contributed by atoms with Crippen LogP contribution in [0.5, 0.6) is 0 Å². The smallest absolute Gasteiger partial charge is 0.212 e. The van der Waals surface area contributed by atoms with Crippen molar-refractivity contribution in [3.63, 3.8) is 0 Å². The molecule has 23 heavy (non-hydrogen) atoms. The van der Waals surface area contributed by atoms with Crippen LogP contribution >= 0.6 is 0 Å². The highest BCUT2D eigenvalue weighted by molar-refractivity contribution is 5.77. The minimum absolute atomic E-state index is 0. The minimum atomic E-state index is 0. The van der Waals surface area contributed by atoms with Crippen LogP contribution in [0.25, 0.3) is 23.1 Å². The normalized spacial score (nSPS) is 10.7. The van der Waals surface area contributed by atoms with Gasteiger partial charge in [0, 0.05) is 35.8 Å². The van der Waals surface area contributed by atoms with Crippen LogP contribution in [0.4, 0.5) is 5.69 Å². The highest BCUT2D eigenvalue weighted by Crippen LogP contribution is 2.14. The predicted octanol–water partition coefficient (Wildman–Crippen LogP) is 1.27. The number of benzene rings is 2. The topological polar surface area (TPSA) is 15.9 Å². The van der Waals surface area contributed by atoms with Gasteiger partial charge in [-0.25, -0.2) is 0 Å². The van der Waals surface area contributed by atoms with E-state index in [1.807, 2.05) is 0 Å². The first-order chi connectivity index (χ1) is 10.8. The van der Waals surface area contributed by atoms with Crippen molar-refractivity contribution in [3.8, 4) is 0 Å². The average molecular weight is 416 g/mol. The molecule has 0 aliphatic heterocycles. The van der Waals surface area contributed by atoms with Gasteiger partial charge in [-0.3, -0.25) is 0 Å². The molecule has 0 spiro atoms. The Bertz CT molecular complexity index is 807. The van der Waals surface area contributed by atoms with Gasteiger partial charge in [0.25, 0.3) is 0 Å². The van der Waals surface area contributed by atoms with E-state index in [0.29, 0.717) is 0 Å². The average Bonchev–Trinajstić information content (AvgIpc) is 2.56. The van der Waals surface area contributed by atoms with E-state index in [1.165, 1.54) is 22.2 Å². The molecule has 2 aromatic carbocycles. The molecule has 0 unspecified atom stereocenters. The van der Waals surface area contributed by atoms with Crippen LogP contribution in [0, 0.1) is 0 Å². The third-order valence-corrected chi connectivity index (χ3v) is 3.86. The van der Waals surface area contributed by atoms with Gasteiger partial charge in [-0.2, -0.15) is 4.57 Å². The molecule has 1 aromatic heterocycles. The van der Waals surface area contributed by atoms with Crippen LogP contribution < -0.4 is 33.9 Å². The standard InChI is InChI=1S/C20H20N2.HI/c1-3-21-18-12-8-16(9-13-18)10-14-19-15-11-17-6-4-5-7-20(17)22(19)2;/h4-15H,3H2,1-2H3;1H. The number of para-hydroxylation sites is 1. The maximum atomic E-state index is 3.31. The quantitative estimate of drug-likeness (QED) is 0.501. The van der Waals surface area contributed by atoms with Crippen molar-refractivity contribution < 1.29 is 28.5 Å². The van der Waals surface area contributed by atoms with Crippen molar-refractivity contribution in [2.45, 2.75) is 6.92 Å². The number of aryl methyl sites for hydroxylation is 1. The van der Waals surface area contributed by atoms with Gasteiger partial charge in [0.05, 0.1) is 0 Å². The summed E-state index contributed by atoms with van der Waals surface area (Å²) in [7, 11) is 2.11.